The minimum absolute atomic E-state index is 0.0820. The molecule has 2 heterocycles. The van der Waals surface area contributed by atoms with Gasteiger partial charge in [0.15, 0.2) is 0 Å². The highest BCUT2D eigenvalue weighted by molar-refractivity contribution is 5.85. The third-order valence-corrected chi connectivity index (χ3v) is 4.61. The molecule has 1 N–H and O–H groups in total. The zero-order valence-electron chi connectivity index (χ0n) is 15.5. The van der Waals surface area contributed by atoms with E-state index in [-0.39, 0.29) is 11.9 Å². The van der Waals surface area contributed by atoms with E-state index in [4.69, 9.17) is 4.42 Å². The molecule has 2 aromatic heterocycles. The second-order valence-electron chi connectivity index (χ2n) is 6.74. The Bertz CT molecular complexity index is 1120. The first-order valence-corrected chi connectivity index (χ1v) is 8.85. The van der Waals surface area contributed by atoms with Gasteiger partial charge in [0.2, 0.25) is 0 Å². The number of fused-ring (bicyclic) bond motifs is 1. The molecular formula is C22H20FN3O. The van der Waals surface area contributed by atoms with E-state index in [1.807, 2.05) is 45.0 Å². The lowest BCUT2D eigenvalue weighted by atomic mass is 10.1. The van der Waals surface area contributed by atoms with Gasteiger partial charge >= 0.3 is 0 Å². The molecule has 1 atom stereocenters. The maximum atomic E-state index is 13.5. The second-order valence-corrected chi connectivity index (χ2v) is 6.74. The first-order valence-electron chi connectivity index (χ1n) is 8.85. The molecule has 0 aliphatic heterocycles. The van der Waals surface area contributed by atoms with E-state index in [1.54, 1.807) is 12.3 Å². The Morgan fingerprint density at radius 3 is 2.70 bits per heavy atom. The van der Waals surface area contributed by atoms with Crippen molar-refractivity contribution in [3.05, 3.63) is 77.6 Å². The summed E-state index contributed by atoms with van der Waals surface area (Å²) in [5.74, 6) is 1.13. The molecule has 4 nitrogen and oxygen atoms in total. The van der Waals surface area contributed by atoms with Crippen molar-refractivity contribution in [2.45, 2.75) is 26.8 Å². The maximum Gasteiger partial charge on any atom is 0.134 e. The van der Waals surface area contributed by atoms with Gasteiger partial charge in [-0.05, 0) is 62.2 Å². The Kier molecular flexibility index (Phi) is 4.36. The van der Waals surface area contributed by atoms with Crippen molar-refractivity contribution in [2.75, 3.05) is 5.32 Å². The van der Waals surface area contributed by atoms with Crippen LogP contribution >= 0.6 is 0 Å². The molecule has 0 spiro atoms. The smallest absolute Gasteiger partial charge is 0.134 e. The third-order valence-electron chi connectivity index (χ3n) is 4.61. The molecule has 27 heavy (non-hydrogen) atoms. The molecule has 0 radical (unpaired) electrons. The first-order chi connectivity index (χ1) is 13.0. The SMILES string of the molecule is Cc1nc(NC(C)c2cccc(F)c2)cc(-c2ccc3occ(C)c3c2)n1. The monoisotopic (exact) mass is 361 g/mol. The third kappa shape index (κ3) is 3.53. The Morgan fingerprint density at radius 1 is 1.04 bits per heavy atom. The van der Waals surface area contributed by atoms with E-state index in [0.29, 0.717) is 11.6 Å². The maximum absolute atomic E-state index is 13.5. The molecule has 136 valence electrons. The number of rotatable bonds is 4. The van der Waals surface area contributed by atoms with Gasteiger partial charge in [0.25, 0.3) is 0 Å². The molecule has 0 saturated heterocycles. The van der Waals surface area contributed by atoms with Crippen molar-refractivity contribution < 1.29 is 8.81 Å². The topological polar surface area (TPSA) is 51.0 Å². The summed E-state index contributed by atoms with van der Waals surface area (Å²) in [6.45, 7) is 5.87. The van der Waals surface area contributed by atoms with Crippen LogP contribution in [0.1, 0.15) is 29.9 Å². The van der Waals surface area contributed by atoms with Gasteiger partial charge in [-0.25, -0.2) is 14.4 Å². The largest absolute Gasteiger partial charge is 0.464 e. The minimum atomic E-state index is -0.246. The van der Waals surface area contributed by atoms with E-state index >= 15 is 0 Å². The number of aryl methyl sites for hydroxylation is 2. The average molecular weight is 361 g/mol. The van der Waals surface area contributed by atoms with Crippen LogP contribution in [0.25, 0.3) is 22.2 Å². The van der Waals surface area contributed by atoms with Crippen LogP contribution in [0.4, 0.5) is 10.2 Å². The number of furan rings is 1. The van der Waals surface area contributed by atoms with Gasteiger partial charge in [0.05, 0.1) is 18.0 Å². The molecule has 0 aliphatic carbocycles. The lowest BCUT2D eigenvalue weighted by molar-refractivity contribution is 0.613. The van der Waals surface area contributed by atoms with E-state index < -0.39 is 0 Å². The van der Waals surface area contributed by atoms with Crippen molar-refractivity contribution in [1.82, 2.24) is 9.97 Å². The van der Waals surface area contributed by atoms with Crippen molar-refractivity contribution in [2.24, 2.45) is 0 Å². The molecule has 0 saturated carbocycles. The van der Waals surface area contributed by atoms with Crippen molar-refractivity contribution in [3.63, 3.8) is 0 Å². The van der Waals surface area contributed by atoms with Crippen LogP contribution in [0.2, 0.25) is 0 Å². The zero-order chi connectivity index (χ0) is 19.0. The van der Waals surface area contributed by atoms with Crippen LogP contribution in [0.5, 0.6) is 0 Å². The Hall–Kier alpha value is -3.21. The van der Waals surface area contributed by atoms with E-state index in [9.17, 15) is 4.39 Å². The molecule has 5 heteroatoms. The molecule has 2 aromatic carbocycles. The number of anilines is 1. The molecule has 0 fully saturated rings. The van der Waals surface area contributed by atoms with Crippen molar-refractivity contribution in [1.29, 1.82) is 0 Å². The zero-order valence-corrected chi connectivity index (χ0v) is 15.5. The molecule has 0 aliphatic rings. The van der Waals surface area contributed by atoms with Crippen LogP contribution < -0.4 is 5.32 Å². The number of hydrogen-bond acceptors (Lipinski definition) is 4. The standard InChI is InChI=1S/C22H20FN3O/c1-13-12-27-21-8-7-17(10-19(13)21)20-11-22(26-15(3)25-20)24-14(2)16-5-4-6-18(23)9-16/h4-12,14H,1-3H3,(H,24,25,26). The highest BCUT2D eigenvalue weighted by atomic mass is 19.1. The van der Waals surface area contributed by atoms with Gasteiger partial charge < -0.3 is 9.73 Å². The lowest BCUT2D eigenvalue weighted by Gasteiger charge is -2.16. The molecule has 1 unspecified atom stereocenters. The van der Waals surface area contributed by atoms with Gasteiger partial charge in [0, 0.05) is 17.0 Å². The summed E-state index contributed by atoms with van der Waals surface area (Å²) < 4.78 is 19.0. The highest BCUT2D eigenvalue weighted by Crippen LogP contribution is 2.28. The summed E-state index contributed by atoms with van der Waals surface area (Å²) in [5, 5.41) is 4.42. The van der Waals surface area contributed by atoms with Gasteiger partial charge in [0.1, 0.15) is 23.0 Å². The first kappa shape index (κ1) is 17.2. The van der Waals surface area contributed by atoms with Crippen molar-refractivity contribution in [3.8, 4) is 11.3 Å². The molecule has 4 aromatic rings. The van der Waals surface area contributed by atoms with Crippen LogP contribution in [0.3, 0.4) is 0 Å². The fourth-order valence-electron chi connectivity index (χ4n) is 3.19. The summed E-state index contributed by atoms with van der Waals surface area (Å²) in [5.41, 5.74) is 4.65. The van der Waals surface area contributed by atoms with Gasteiger partial charge in [-0.1, -0.05) is 12.1 Å². The predicted octanol–water partition coefficient (Wildman–Crippen LogP) is 5.82. The van der Waals surface area contributed by atoms with E-state index in [2.05, 4.69) is 21.4 Å². The molecule has 4 rings (SSSR count). The number of hydrogen-bond donors (Lipinski definition) is 1. The summed E-state index contributed by atoms with van der Waals surface area (Å²) in [4.78, 5) is 9.06. The average Bonchev–Trinajstić information content (AvgIpc) is 3.02. The highest BCUT2D eigenvalue weighted by Gasteiger charge is 2.11. The van der Waals surface area contributed by atoms with Gasteiger partial charge in [-0.2, -0.15) is 0 Å². The number of benzene rings is 2. The fourth-order valence-corrected chi connectivity index (χ4v) is 3.19. The Labute approximate surface area is 157 Å². The predicted molar refractivity (Wildman–Crippen MR) is 105 cm³/mol. The Morgan fingerprint density at radius 2 is 1.89 bits per heavy atom. The second kappa shape index (κ2) is 6.83. The molecule has 0 bridgehead atoms. The summed E-state index contributed by atoms with van der Waals surface area (Å²) in [6.07, 6.45) is 1.76. The van der Waals surface area contributed by atoms with E-state index in [1.165, 1.54) is 12.1 Å². The van der Waals surface area contributed by atoms with Crippen molar-refractivity contribution >= 4 is 16.8 Å². The number of nitrogens with zero attached hydrogens (tertiary/aromatic N) is 2. The van der Waals surface area contributed by atoms with Crippen LogP contribution in [-0.2, 0) is 0 Å². The normalized spacial score (nSPS) is 12.3. The Balaban J connectivity index is 1.67. The molecular weight excluding hydrogens is 341 g/mol. The summed E-state index contributed by atoms with van der Waals surface area (Å²) in [7, 11) is 0. The summed E-state index contributed by atoms with van der Waals surface area (Å²) in [6, 6.07) is 14.4. The van der Waals surface area contributed by atoms with Crippen LogP contribution in [-0.4, -0.2) is 9.97 Å². The quantitative estimate of drug-likeness (QED) is 0.498. The number of nitrogens with one attached hydrogen (secondary N) is 1. The van der Waals surface area contributed by atoms with E-state index in [0.717, 1.165) is 33.4 Å². The molecule has 0 amide bonds. The van der Waals surface area contributed by atoms with Crippen LogP contribution in [0, 0.1) is 19.7 Å². The number of aromatic nitrogens is 2. The minimum Gasteiger partial charge on any atom is -0.464 e. The summed E-state index contributed by atoms with van der Waals surface area (Å²) >= 11 is 0. The van der Waals surface area contributed by atoms with Gasteiger partial charge in [-0.15, -0.1) is 0 Å². The fraction of sp³-hybridized carbons (Fsp3) is 0.182. The van der Waals surface area contributed by atoms with Gasteiger partial charge in [-0.3, -0.25) is 0 Å². The number of halogens is 1. The van der Waals surface area contributed by atoms with Crippen LogP contribution in [0.15, 0.2) is 59.2 Å². The lowest BCUT2D eigenvalue weighted by Crippen LogP contribution is -2.09.